The van der Waals surface area contributed by atoms with Gasteiger partial charge in [0.05, 0.1) is 0 Å². The maximum absolute atomic E-state index is 11.9. The number of aliphatic imine (C=N–C) groups is 1. The summed E-state index contributed by atoms with van der Waals surface area (Å²) in [7, 11) is 1.71. The molecule has 6 nitrogen and oxygen atoms in total. The lowest BCUT2D eigenvalue weighted by molar-refractivity contribution is 0.0954. The van der Waals surface area contributed by atoms with Crippen LogP contribution < -0.4 is 16.0 Å². The number of hydrogen-bond donors (Lipinski definition) is 3. The van der Waals surface area contributed by atoms with E-state index in [2.05, 4.69) is 20.9 Å². The second-order valence-electron chi connectivity index (χ2n) is 4.74. The van der Waals surface area contributed by atoms with E-state index in [1.807, 2.05) is 6.92 Å². The number of hydrogen-bond acceptors (Lipinski definition) is 3. The van der Waals surface area contributed by atoms with Crippen LogP contribution in [0.4, 0.5) is 0 Å². The van der Waals surface area contributed by atoms with Crippen LogP contribution in [0.2, 0.25) is 5.02 Å². The maximum atomic E-state index is 11.9. The van der Waals surface area contributed by atoms with Crippen LogP contribution in [0.15, 0.2) is 29.3 Å². The Morgan fingerprint density at radius 1 is 1.13 bits per heavy atom. The Labute approximate surface area is 142 Å². The quantitative estimate of drug-likeness (QED) is 0.363. The average molecular weight is 341 g/mol. The van der Waals surface area contributed by atoms with Crippen molar-refractivity contribution in [2.24, 2.45) is 4.99 Å². The molecule has 0 fully saturated rings. The van der Waals surface area contributed by atoms with Crippen LogP contribution >= 0.6 is 11.6 Å². The minimum Gasteiger partial charge on any atom is -0.382 e. The molecule has 0 bridgehead atoms. The fourth-order valence-corrected chi connectivity index (χ4v) is 1.93. The first-order valence-electron chi connectivity index (χ1n) is 7.73. The second kappa shape index (κ2) is 11.7. The highest BCUT2D eigenvalue weighted by Crippen LogP contribution is 2.08. The maximum Gasteiger partial charge on any atom is 0.251 e. The first-order valence-corrected chi connectivity index (χ1v) is 8.11. The number of ether oxygens (including phenoxy) is 1. The van der Waals surface area contributed by atoms with E-state index in [4.69, 9.17) is 16.3 Å². The highest BCUT2D eigenvalue weighted by molar-refractivity contribution is 6.30. The molecule has 7 heteroatoms. The molecule has 0 unspecified atom stereocenters. The SMILES string of the molecule is CCOCCCNC(=NC)NCCNC(=O)c1ccc(Cl)cc1. The predicted molar refractivity (Wildman–Crippen MR) is 94.3 cm³/mol. The first kappa shape index (κ1) is 19.3. The van der Waals surface area contributed by atoms with Crippen LogP contribution in [0.25, 0.3) is 0 Å². The molecule has 0 aromatic heterocycles. The molecule has 0 heterocycles. The molecule has 0 saturated heterocycles. The van der Waals surface area contributed by atoms with Crippen LogP contribution in [0.3, 0.4) is 0 Å². The topological polar surface area (TPSA) is 74.8 Å². The monoisotopic (exact) mass is 340 g/mol. The largest absolute Gasteiger partial charge is 0.382 e. The van der Waals surface area contributed by atoms with Crippen molar-refractivity contribution in [3.63, 3.8) is 0 Å². The fraction of sp³-hybridized carbons (Fsp3) is 0.500. The zero-order valence-electron chi connectivity index (χ0n) is 13.7. The number of guanidine groups is 1. The number of nitrogens with zero attached hydrogens (tertiary/aromatic N) is 1. The molecule has 0 radical (unpaired) electrons. The van der Waals surface area contributed by atoms with Crippen molar-refractivity contribution >= 4 is 23.5 Å². The van der Waals surface area contributed by atoms with Crippen molar-refractivity contribution < 1.29 is 9.53 Å². The van der Waals surface area contributed by atoms with Gasteiger partial charge in [-0.3, -0.25) is 9.79 Å². The summed E-state index contributed by atoms with van der Waals surface area (Å²) in [6.07, 6.45) is 0.918. The van der Waals surface area contributed by atoms with Gasteiger partial charge in [-0.2, -0.15) is 0 Å². The normalized spacial score (nSPS) is 11.2. The summed E-state index contributed by atoms with van der Waals surface area (Å²) in [4.78, 5) is 16.0. The molecule has 128 valence electrons. The third-order valence-corrected chi connectivity index (χ3v) is 3.25. The van der Waals surface area contributed by atoms with Crippen molar-refractivity contribution in [2.45, 2.75) is 13.3 Å². The first-order chi connectivity index (χ1) is 11.2. The Morgan fingerprint density at radius 2 is 1.78 bits per heavy atom. The molecule has 0 spiro atoms. The summed E-state index contributed by atoms with van der Waals surface area (Å²) >= 11 is 5.79. The summed E-state index contributed by atoms with van der Waals surface area (Å²) in [5.74, 6) is 0.588. The van der Waals surface area contributed by atoms with Crippen molar-refractivity contribution in [1.82, 2.24) is 16.0 Å². The summed E-state index contributed by atoms with van der Waals surface area (Å²) < 4.78 is 5.27. The van der Waals surface area contributed by atoms with Gasteiger partial charge in [0.15, 0.2) is 5.96 Å². The highest BCUT2D eigenvalue weighted by atomic mass is 35.5. The van der Waals surface area contributed by atoms with E-state index in [1.165, 1.54) is 0 Å². The second-order valence-corrected chi connectivity index (χ2v) is 5.18. The Balaban J connectivity index is 2.17. The number of nitrogens with one attached hydrogen (secondary N) is 3. The van der Waals surface area contributed by atoms with Gasteiger partial charge in [-0.05, 0) is 37.6 Å². The molecule has 1 amide bonds. The minimum absolute atomic E-state index is 0.122. The molecule has 1 aromatic carbocycles. The molecule has 1 aromatic rings. The molecule has 0 atom stereocenters. The molecule has 0 aliphatic carbocycles. The number of halogens is 1. The molecular weight excluding hydrogens is 316 g/mol. The van der Waals surface area contributed by atoms with Crippen molar-refractivity contribution in [2.75, 3.05) is 39.9 Å². The molecule has 1 rings (SSSR count). The van der Waals surface area contributed by atoms with Crippen LogP contribution in [-0.2, 0) is 4.74 Å². The van der Waals surface area contributed by atoms with Gasteiger partial charge in [0.1, 0.15) is 0 Å². The molecule has 0 aliphatic rings. The fourth-order valence-electron chi connectivity index (χ4n) is 1.81. The van der Waals surface area contributed by atoms with Gasteiger partial charge in [0, 0.05) is 50.5 Å². The number of rotatable bonds is 9. The van der Waals surface area contributed by atoms with Gasteiger partial charge in [0.25, 0.3) is 5.91 Å². The molecule has 23 heavy (non-hydrogen) atoms. The Kier molecular flexibility index (Phi) is 9.83. The van der Waals surface area contributed by atoms with Crippen LogP contribution in [0, 0.1) is 0 Å². The lowest BCUT2D eigenvalue weighted by Crippen LogP contribution is -2.42. The third kappa shape index (κ3) is 8.42. The van der Waals surface area contributed by atoms with E-state index in [0.717, 1.165) is 26.2 Å². The number of amides is 1. The zero-order valence-corrected chi connectivity index (χ0v) is 14.4. The summed E-state index contributed by atoms with van der Waals surface area (Å²) in [6.45, 7) is 5.33. The third-order valence-electron chi connectivity index (χ3n) is 3.00. The minimum atomic E-state index is -0.122. The predicted octanol–water partition coefficient (Wildman–Crippen LogP) is 1.66. The standard InChI is InChI=1S/C16H25ClN4O2/c1-3-23-12-4-9-20-16(18-2)21-11-10-19-15(22)13-5-7-14(17)8-6-13/h5-8H,3-4,9-12H2,1-2H3,(H,19,22)(H2,18,20,21). The highest BCUT2D eigenvalue weighted by Gasteiger charge is 2.04. The van der Waals surface area contributed by atoms with E-state index < -0.39 is 0 Å². The number of carbonyl (C=O) groups excluding carboxylic acids is 1. The van der Waals surface area contributed by atoms with Gasteiger partial charge < -0.3 is 20.7 Å². The van der Waals surface area contributed by atoms with E-state index in [-0.39, 0.29) is 5.91 Å². The van der Waals surface area contributed by atoms with Gasteiger partial charge >= 0.3 is 0 Å². The summed E-state index contributed by atoms with van der Waals surface area (Å²) in [5.41, 5.74) is 0.591. The average Bonchev–Trinajstić information content (AvgIpc) is 2.57. The van der Waals surface area contributed by atoms with Crippen LogP contribution in [0.1, 0.15) is 23.7 Å². The Bertz CT molecular complexity index is 491. The van der Waals surface area contributed by atoms with Gasteiger partial charge in [-0.1, -0.05) is 11.6 Å². The lowest BCUT2D eigenvalue weighted by atomic mass is 10.2. The van der Waals surface area contributed by atoms with Crippen molar-refractivity contribution in [3.05, 3.63) is 34.9 Å². The Hall–Kier alpha value is -1.79. The molecular formula is C16H25ClN4O2. The van der Waals surface area contributed by atoms with Gasteiger partial charge in [0.2, 0.25) is 0 Å². The van der Waals surface area contributed by atoms with Crippen LogP contribution in [-0.4, -0.2) is 51.8 Å². The zero-order chi connectivity index (χ0) is 16.9. The summed E-state index contributed by atoms with van der Waals surface area (Å²) in [6, 6.07) is 6.79. The molecule has 3 N–H and O–H groups in total. The van der Waals surface area contributed by atoms with Crippen LogP contribution in [0.5, 0.6) is 0 Å². The lowest BCUT2D eigenvalue weighted by Gasteiger charge is -2.12. The van der Waals surface area contributed by atoms with E-state index in [0.29, 0.717) is 29.6 Å². The van der Waals surface area contributed by atoms with E-state index >= 15 is 0 Å². The van der Waals surface area contributed by atoms with Gasteiger partial charge in [-0.15, -0.1) is 0 Å². The smallest absolute Gasteiger partial charge is 0.251 e. The summed E-state index contributed by atoms with van der Waals surface area (Å²) in [5, 5.41) is 9.77. The molecule has 0 saturated carbocycles. The van der Waals surface area contributed by atoms with E-state index in [1.54, 1.807) is 31.3 Å². The Morgan fingerprint density at radius 3 is 2.43 bits per heavy atom. The van der Waals surface area contributed by atoms with E-state index in [9.17, 15) is 4.79 Å². The van der Waals surface area contributed by atoms with Gasteiger partial charge in [-0.25, -0.2) is 0 Å². The number of carbonyl (C=O) groups is 1. The van der Waals surface area contributed by atoms with Crippen molar-refractivity contribution in [1.29, 1.82) is 0 Å². The molecule has 0 aliphatic heterocycles. The number of benzene rings is 1. The van der Waals surface area contributed by atoms with Crippen molar-refractivity contribution in [3.8, 4) is 0 Å².